The number of nitrogens with zero attached hydrogens (tertiary/aromatic N) is 1. The summed E-state index contributed by atoms with van der Waals surface area (Å²) in [5.41, 5.74) is 0.406. The van der Waals surface area contributed by atoms with Gasteiger partial charge >= 0.3 is 5.97 Å². The molecule has 0 radical (unpaired) electrons. The largest absolute Gasteiger partial charge is 0.496 e. The number of carbonyl (C=O) groups is 3. The molecule has 0 aliphatic carbocycles. The Morgan fingerprint density at radius 3 is 2.77 bits per heavy atom. The van der Waals surface area contributed by atoms with Crippen molar-refractivity contribution in [3.63, 3.8) is 0 Å². The zero-order valence-electron chi connectivity index (χ0n) is 14.2. The summed E-state index contributed by atoms with van der Waals surface area (Å²) in [7, 11) is 2.80. The van der Waals surface area contributed by atoms with E-state index < -0.39 is 17.9 Å². The molecule has 0 aromatic heterocycles. The number of piperazine rings is 1. The van der Waals surface area contributed by atoms with Crippen molar-refractivity contribution in [1.82, 2.24) is 15.5 Å². The van der Waals surface area contributed by atoms with Crippen molar-refractivity contribution in [2.45, 2.75) is 12.5 Å². The van der Waals surface area contributed by atoms with Crippen LogP contribution in [-0.4, -0.2) is 61.1 Å². The number of thiocarbonyl (C=S) groups is 1. The number of esters is 1. The van der Waals surface area contributed by atoms with Gasteiger partial charge in [-0.2, -0.15) is 0 Å². The van der Waals surface area contributed by atoms with Gasteiger partial charge in [0.15, 0.2) is 5.11 Å². The Hall–Kier alpha value is -1.95. The molecule has 1 aliphatic heterocycles. The molecule has 8 nitrogen and oxygen atoms in total. The summed E-state index contributed by atoms with van der Waals surface area (Å²) < 4.78 is 10.6. The average Bonchev–Trinajstić information content (AvgIpc) is 2.62. The minimum absolute atomic E-state index is 0.0876. The summed E-state index contributed by atoms with van der Waals surface area (Å²) in [5, 5.41) is 5.38. The van der Waals surface area contributed by atoms with Crippen molar-refractivity contribution in [3.8, 4) is 5.75 Å². The number of ether oxygens (including phenoxy) is 2. The van der Waals surface area contributed by atoms with Crippen molar-refractivity contribution in [2.24, 2.45) is 0 Å². The summed E-state index contributed by atoms with van der Waals surface area (Å²) in [5.74, 6) is -0.609. The number of hydrogen-bond donors (Lipinski definition) is 2. The van der Waals surface area contributed by atoms with E-state index in [9.17, 15) is 14.4 Å². The average molecular weight is 491 g/mol. The number of methoxy groups -OCH3 is 2. The number of amides is 2. The Morgan fingerprint density at radius 2 is 2.15 bits per heavy atom. The maximum atomic E-state index is 12.5. The summed E-state index contributed by atoms with van der Waals surface area (Å²) in [6, 6.07) is 4.16. The van der Waals surface area contributed by atoms with Crippen LogP contribution in [0.1, 0.15) is 16.8 Å². The van der Waals surface area contributed by atoms with E-state index in [0.717, 1.165) is 3.57 Å². The summed E-state index contributed by atoms with van der Waals surface area (Å²) in [6.45, 7) is 0.750. The molecule has 1 aromatic carbocycles. The van der Waals surface area contributed by atoms with Gasteiger partial charge < -0.3 is 19.7 Å². The van der Waals surface area contributed by atoms with Crippen LogP contribution >= 0.6 is 34.8 Å². The van der Waals surface area contributed by atoms with Crippen molar-refractivity contribution in [2.75, 3.05) is 27.3 Å². The summed E-state index contributed by atoms with van der Waals surface area (Å²) >= 11 is 7.35. The van der Waals surface area contributed by atoms with Gasteiger partial charge in [-0.3, -0.25) is 19.7 Å². The number of hydrogen-bond acceptors (Lipinski definition) is 6. The van der Waals surface area contributed by atoms with E-state index in [1.807, 2.05) is 0 Å². The molecular formula is C16H18IN3O5S. The van der Waals surface area contributed by atoms with Gasteiger partial charge in [0.1, 0.15) is 11.8 Å². The van der Waals surface area contributed by atoms with Crippen molar-refractivity contribution >= 4 is 57.7 Å². The van der Waals surface area contributed by atoms with Crippen molar-refractivity contribution < 1.29 is 23.9 Å². The zero-order valence-corrected chi connectivity index (χ0v) is 17.2. The Kier molecular flexibility index (Phi) is 7.14. The fourth-order valence-corrected chi connectivity index (χ4v) is 3.50. The zero-order chi connectivity index (χ0) is 19.3. The lowest BCUT2D eigenvalue weighted by atomic mass is 10.1. The third kappa shape index (κ3) is 4.81. The number of carbonyl (C=O) groups excluding carboxylic acids is 3. The third-order valence-electron chi connectivity index (χ3n) is 3.81. The van der Waals surface area contributed by atoms with Gasteiger partial charge in [-0.05, 0) is 53.0 Å². The second-order valence-electron chi connectivity index (χ2n) is 5.39. The van der Waals surface area contributed by atoms with Crippen LogP contribution in [-0.2, 0) is 14.3 Å². The number of rotatable bonds is 4. The lowest BCUT2D eigenvalue weighted by molar-refractivity contribution is -0.144. The number of halogens is 1. The first kappa shape index (κ1) is 20.4. The highest BCUT2D eigenvalue weighted by atomic mass is 127. The number of benzene rings is 1. The smallest absolute Gasteiger partial charge is 0.308 e. The molecule has 2 N–H and O–H groups in total. The topological polar surface area (TPSA) is 97.0 Å². The van der Waals surface area contributed by atoms with E-state index in [0.29, 0.717) is 24.4 Å². The molecule has 1 aromatic rings. The molecule has 1 saturated heterocycles. The monoisotopic (exact) mass is 491 g/mol. The quantitative estimate of drug-likeness (QED) is 0.363. The van der Waals surface area contributed by atoms with Crippen LogP contribution in [0.4, 0.5) is 0 Å². The summed E-state index contributed by atoms with van der Waals surface area (Å²) in [6.07, 6.45) is -0.154. The van der Waals surface area contributed by atoms with Crippen molar-refractivity contribution in [3.05, 3.63) is 27.3 Å². The number of nitrogens with one attached hydrogen (secondary N) is 2. The molecule has 10 heteroatoms. The fraction of sp³-hybridized carbons (Fsp3) is 0.375. The fourth-order valence-electron chi connectivity index (χ4n) is 2.45. The second kappa shape index (κ2) is 9.12. The molecule has 26 heavy (non-hydrogen) atoms. The van der Waals surface area contributed by atoms with Crippen LogP contribution < -0.4 is 15.4 Å². The van der Waals surface area contributed by atoms with Gasteiger partial charge in [0.2, 0.25) is 5.91 Å². The van der Waals surface area contributed by atoms with Crippen LogP contribution in [0, 0.1) is 3.57 Å². The molecule has 0 unspecified atom stereocenters. The maximum absolute atomic E-state index is 12.5. The molecule has 0 bridgehead atoms. The Morgan fingerprint density at radius 1 is 1.42 bits per heavy atom. The standard InChI is InChI=1S/C16H18IN3O5S/c1-24-12-4-3-9(7-10(12)17)14(22)19-16(26)20-6-5-18-15(23)11(20)8-13(21)25-2/h3-4,7,11H,5-6,8H2,1-2H3,(H,18,23)(H,19,22,26)/t11-/m1/s1. The van der Waals surface area contributed by atoms with Crippen LogP contribution in [0.2, 0.25) is 0 Å². The maximum Gasteiger partial charge on any atom is 0.308 e. The van der Waals surface area contributed by atoms with Gasteiger partial charge in [-0.25, -0.2) is 0 Å². The Balaban J connectivity index is 2.11. The molecule has 1 aliphatic rings. The van der Waals surface area contributed by atoms with Crippen molar-refractivity contribution in [1.29, 1.82) is 0 Å². The van der Waals surface area contributed by atoms with Gasteiger partial charge in [0.05, 0.1) is 24.2 Å². The molecule has 1 atom stereocenters. The second-order valence-corrected chi connectivity index (χ2v) is 6.94. The van der Waals surface area contributed by atoms with Crippen LogP contribution in [0.5, 0.6) is 5.75 Å². The Bertz CT molecular complexity index is 743. The third-order valence-corrected chi connectivity index (χ3v) is 4.99. The van der Waals surface area contributed by atoms with Crippen LogP contribution in [0.15, 0.2) is 18.2 Å². The van der Waals surface area contributed by atoms with Gasteiger partial charge in [-0.15, -0.1) is 0 Å². The molecule has 2 amide bonds. The minimum atomic E-state index is -0.819. The first-order valence-electron chi connectivity index (χ1n) is 7.67. The van der Waals surface area contributed by atoms with E-state index in [4.69, 9.17) is 17.0 Å². The summed E-state index contributed by atoms with van der Waals surface area (Å²) in [4.78, 5) is 37.6. The van der Waals surface area contributed by atoms with Crippen LogP contribution in [0.3, 0.4) is 0 Å². The first-order valence-corrected chi connectivity index (χ1v) is 9.16. The molecule has 1 heterocycles. The van der Waals surface area contributed by atoms with Gasteiger partial charge in [-0.1, -0.05) is 0 Å². The highest BCUT2D eigenvalue weighted by Crippen LogP contribution is 2.21. The van der Waals surface area contributed by atoms with E-state index >= 15 is 0 Å². The van der Waals surface area contributed by atoms with Gasteiger partial charge in [0.25, 0.3) is 5.91 Å². The Labute approximate surface area is 169 Å². The minimum Gasteiger partial charge on any atom is -0.496 e. The molecular weight excluding hydrogens is 473 g/mol. The first-order chi connectivity index (χ1) is 12.4. The molecule has 2 rings (SSSR count). The highest BCUT2D eigenvalue weighted by Gasteiger charge is 2.34. The van der Waals surface area contributed by atoms with Crippen LogP contribution in [0.25, 0.3) is 0 Å². The molecule has 1 fully saturated rings. The van der Waals surface area contributed by atoms with Gasteiger partial charge in [0, 0.05) is 18.7 Å². The predicted molar refractivity (Wildman–Crippen MR) is 106 cm³/mol. The van der Waals surface area contributed by atoms with E-state index in [1.165, 1.54) is 12.0 Å². The highest BCUT2D eigenvalue weighted by molar-refractivity contribution is 14.1. The lowest BCUT2D eigenvalue weighted by Gasteiger charge is -2.36. The SMILES string of the molecule is COC(=O)C[C@@H]1C(=O)NCCN1C(=S)NC(=O)c1ccc(OC)c(I)c1. The predicted octanol–water partition coefficient (Wildman–Crippen LogP) is 0.678. The molecule has 0 saturated carbocycles. The normalized spacial score (nSPS) is 16.5. The van der Waals surface area contributed by atoms with E-state index in [2.05, 4.69) is 38.0 Å². The van der Waals surface area contributed by atoms with E-state index in [-0.39, 0.29) is 17.4 Å². The van der Waals surface area contributed by atoms with E-state index in [1.54, 1.807) is 25.3 Å². The molecule has 140 valence electrons. The lowest BCUT2D eigenvalue weighted by Crippen LogP contribution is -2.60. The molecule has 0 spiro atoms.